The molecule has 1 atom stereocenters. The van der Waals surface area contributed by atoms with Gasteiger partial charge in [-0.05, 0) is 47.7 Å². The zero-order valence-electron chi connectivity index (χ0n) is 8.40. The summed E-state index contributed by atoms with van der Waals surface area (Å²) >= 11 is 0. The van der Waals surface area contributed by atoms with Crippen LogP contribution in [0, 0.1) is 0 Å². The van der Waals surface area contributed by atoms with E-state index in [-0.39, 0.29) is 5.60 Å². The minimum Gasteiger partial charge on any atom is -0.373 e. The molecule has 0 heterocycles. The van der Waals surface area contributed by atoms with Crippen molar-refractivity contribution in [3.63, 3.8) is 0 Å². The second-order valence-electron chi connectivity index (χ2n) is 3.93. The van der Waals surface area contributed by atoms with Crippen molar-refractivity contribution in [2.45, 2.75) is 45.8 Å². The van der Waals surface area contributed by atoms with Crippen LogP contribution >= 0.6 is 0 Å². The fraction of sp³-hybridized carbons (Fsp3) is 1.00. The number of rotatable bonds is 4. The summed E-state index contributed by atoms with van der Waals surface area (Å²) in [6.45, 7) is 9.40. The molecule has 0 saturated heterocycles. The van der Waals surface area contributed by atoms with Crippen molar-refractivity contribution in [3.8, 4) is 0 Å². The molecule has 1 unspecified atom stereocenters. The number of hydrogen-bond donors (Lipinski definition) is 1. The van der Waals surface area contributed by atoms with E-state index < -0.39 is 0 Å². The molecule has 0 rings (SSSR count). The minimum atomic E-state index is -0.00679. The zero-order chi connectivity index (χ0) is 8.91. The first kappa shape index (κ1) is 10.9. The van der Waals surface area contributed by atoms with Crippen LogP contribution in [0.3, 0.4) is 0 Å². The molecule has 0 fully saturated rings. The Labute approximate surface area is 70.3 Å². The second-order valence-corrected chi connectivity index (χ2v) is 3.93. The van der Waals surface area contributed by atoms with Crippen LogP contribution in [-0.2, 0) is 4.74 Å². The van der Waals surface area contributed by atoms with E-state index in [9.17, 15) is 0 Å². The summed E-state index contributed by atoms with van der Waals surface area (Å²) in [5, 5.41) is 3.10. The third-order valence-corrected chi connectivity index (χ3v) is 1.36. The molecule has 0 aliphatic rings. The van der Waals surface area contributed by atoms with Crippen LogP contribution in [-0.4, -0.2) is 25.3 Å². The van der Waals surface area contributed by atoms with E-state index in [0.717, 1.165) is 13.0 Å². The van der Waals surface area contributed by atoms with Gasteiger partial charge in [0.15, 0.2) is 0 Å². The van der Waals surface area contributed by atoms with E-state index in [1.165, 1.54) is 0 Å². The highest BCUT2D eigenvalue weighted by molar-refractivity contribution is 4.63. The molecule has 0 aromatic heterocycles. The molecule has 0 saturated carbocycles. The molecule has 0 aliphatic carbocycles. The highest BCUT2D eigenvalue weighted by atomic mass is 16.5. The van der Waals surface area contributed by atoms with Crippen molar-refractivity contribution < 1.29 is 4.74 Å². The van der Waals surface area contributed by atoms with Crippen LogP contribution in [0.25, 0.3) is 0 Å². The highest BCUT2D eigenvalue weighted by Gasteiger charge is 2.14. The van der Waals surface area contributed by atoms with Crippen LogP contribution in [0.15, 0.2) is 0 Å². The molecule has 0 aliphatic heterocycles. The molecule has 1 N–H and O–H groups in total. The molecular weight excluding hydrogens is 138 g/mol. The largest absolute Gasteiger partial charge is 0.373 e. The van der Waals surface area contributed by atoms with Crippen LogP contribution in [0.5, 0.6) is 0 Å². The molecule has 0 bridgehead atoms. The van der Waals surface area contributed by atoms with Crippen molar-refractivity contribution in [3.05, 3.63) is 0 Å². The van der Waals surface area contributed by atoms with Gasteiger partial charge in [-0.1, -0.05) is 0 Å². The summed E-state index contributed by atoms with van der Waals surface area (Å²) in [4.78, 5) is 0. The summed E-state index contributed by atoms with van der Waals surface area (Å²) in [6.07, 6.45) is 1.43. The smallest absolute Gasteiger partial charge is 0.0602 e. The summed E-state index contributed by atoms with van der Waals surface area (Å²) in [5.74, 6) is 0. The first-order chi connectivity index (χ1) is 4.95. The molecular formula is C9H21NO. The van der Waals surface area contributed by atoms with Crippen molar-refractivity contribution in [2.24, 2.45) is 0 Å². The van der Waals surface area contributed by atoms with E-state index in [1.54, 1.807) is 0 Å². The average molecular weight is 159 g/mol. The van der Waals surface area contributed by atoms with Crippen LogP contribution in [0.4, 0.5) is 0 Å². The van der Waals surface area contributed by atoms with Crippen molar-refractivity contribution in [2.75, 3.05) is 13.6 Å². The van der Waals surface area contributed by atoms with E-state index >= 15 is 0 Å². The Balaban J connectivity index is 3.44. The van der Waals surface area contributed by atoms with Gasteiger partial charge in [-0.2, -0.15) is 0 Å². The summed E-state index contributed by atoms with van der Waals surface area (Å²) < 4.78 is 5.70. The fourth-order valence-electron chi connectivity index (χ4n) is 1.01. The van der Waals surface area contributed by atoms with Gasteiger partial charge in [0.05, 0.1) is 11.7 Å². The quantitative estimate of drug-likeness (QED) is 0.675. The minimum absolute atomic E-state index is 0.00679. The molecule has 0 aromatic carbocycles. The average Bonchev–Trinajstić information content (AvgIpc) is 1.79. The lowest BCUT2D eigenvalue weighted by molar-refractivity contribution is -0.0536. The molecule has 11 heavy (non-hydrogen) atoms. The van der Waals surface area contributed by atoms with Gasteiger partial charge in [0, 0.05) is 0 Å². The third-order valence-electron chi connectivity index (χ3n) is 1.36. The van der Waals surface area contributed by atoms with E-state index in [0.29, 0.717) is 6.10 Å². The van der Waals surface area contributed by atoms with Crippen LogP contribution in [0.2, 0.25) is 0 Å². The standard InChI is InChI=1S/C9H21NO/c1-8(6-7-10-5)11-9(2,3)4/h8,10H,6-7H2,1-5H3. The Morgan fingerprint density at radius 1 is 1.36 bits per heavy atom. The molecule has 0 spiro atoms. The van der Waals surface area contributed by atoms with E-state index in [2.05, 4.69) is 33.0 Å². The highest BCUT2D eigenvalue weighted by Crippen LogP contribution is 2.11. The fourth-order valence-corrected chi connectivity index (χ4v) is 1.01. The van der Waals surface area contributed by atoms with Gasteiger partial charge in [0.25, 0.3) is 0 Å². The van der Waals surface area contributed by atoms with Crippen LogP contribution < -0.4 is 5.32 Å². The first-order valence-electron chi connectivity index (χ1n) is 4.28. The molecule has 2 heteroatoms. The van der Waals surface area contributed by atoms with Crippen molar-refractivity contribution >= 4 is 0 Å². The number of ether oxygens (including phenoxy) is 1. The monoisotopic (exact) mass is 159 g/mol. The maximum Gasteiger partial charge on any atom is 0.0602 e. The van der Waals surface area contributed by atoms with Crippen molar-refractivity contribution in [1.82, 2.24) is 5.32 Å². The maximum absolute atomic E-state index is 5.70. The molecule has 0 radical (unpaired) electrons. The zero-order valence-corrected chi connectivity index (χ0v) is 8.40. The lowest BCUT2D eigenvalue weighted by Gasteiger charge is -2.24. The second kappa shape index (κ2) is 4.73. The van der Waals surface area contributed by atoms with Crippen LogP contribution in [0.1, 0.15) is 34.1 Å². The molecule has 0 amide bonds. The Morgan fingerprint density at radius 2 is 1.91 bits per heavy atom. The van der Waals surface area contributed by atoms with Gasteiger partial charge < -0.3 is 10.1 Å². The molecule has 2 nitrogen and oxygen atoms in total. The Morgan fingerprint density at radius 3 is 2.27 bits per heavy atom. The topological polar surface area (TPSA) is 21.3 Å². The lowest BCUT2D eigenvalue weighted by Crippen LogP contribution is -2.27. The van der Waals surface area contributed by atoms with Gasteiger partial charge in [0.2, 0.25) is 0 Å². The predicted octanol–water partition coefficient (Wildman–Crippen LogP) is 1.80. The maximum atomic E-state index is 5.70. The van der Waals surface area contributed by atoms with E-state index in [4.69, 9.17) is 4.74 Å². The van der Waals surface area contributed by atoms with Gasteiger partial charge in [-0.3, -0.25) is 0 Å². The molecule has 0 aromatic rings. The Kier molecular flexibility index (Phi) is 4.69. The summed E-state index contributed by atoms with van der Waals surface area (Å²) in [7, 11) is 1.96. The number of hydrogen-bond acceptors (Lipinski definition) is 2. The first-order valence-corrected chi connectivity index (χ1v) is 4.28. The molecule has 68 valence electrons. The SMILES string of the molecule is CNCCC(C)OC(C)(C)C. The van der Waals surface area contributed by atoms with Gasteiger partial charge >= 0.3 is 0 Å². The van der Waals surface area contributed by atoms with Gasteiger partial charge in [-0.25, -0.2) is 0 Å². The van der Waals surface area contributed by atoms with Gasteiger partial charge in [0.1, 0.15) is 0 Å². The van der Waals surface area contributed by atoms with Crippen molar-refractivity contribution in [1.29, 1.82) is 0 Å². The third kappa shape index (κ3) is 7.82. The predicted molar refractivity (Wildman–Crippen MR) is 48.8 cm³/mol. The van der Waals surface area contributed by atoms with E-state index in [1.807, 2.05) is 7.05 Å². The van der Waals surface area contributed by atoms with Gasteiger partial charge in [-0.15, -0.1) is 0 Å². The summed E-state index contributed by atoms with van der Waals surface area (Å²) in [5.41, 5.74) is -0.00679. The number of nitrogens with one attached hydrogen (secondary N) is 1. The summed E-state index contributed by atoms with van der Waals surface area (Å²) in [6, 6.07) is 0. The normalized spacial score (nSPS) is 15.0. The lowest BCUT2D eigenvalue weighted by atomic mass is 10.1. The Bertz CT molecular complexity index is 96.2. The Hall–Kier alpha value is -0.0800.